The minimum atomic E-state index is -0.661. The Balaban J connectivity index is 3.32. The molecule has 0 heterocycles. The van der Waals surface area contributed by atoms with Crippen molar-refractivity contribution in [2.24, 2.45) is 0 Å². The van der Waals surface area contributed by atoms with Crippen LogP contribution in [0, 0.1) is 0 Å². The highest BCUT2D eigenvalue weighted by Crippen LogP contribution is 2.20. The second-order valence-corrected chi connectivity index (χ2v) is 26.7. The van der Waals surface area contributed by atoms with Gasteiger partial charge in [0.25, 0.3) is 0 Å². The van der Waals surface area contributed by atoms with Crippen LogP contribution in [0.25, 0.3) is 0 Å². The molecular formula is C78H151NO5. The number of allylic oxidation sites excluding steroid dienone is 4. The molecule has 6 heteroatoms. The average molecular weight is 1180 g/mol. The van der Waals surface area contributed by atoms with Crippen LogP contribution in [0.2, 0.25) is 0 Å². The first-order valence-corrected chi connectivity index (χ1v) is 38.6. The van der Waals surface area contributed by atoms with Crippen LogP contribution in [0.3, 0.4) is 0 Å². The van der Waals surface area contributed by atoms with E-state index in [9.17, 15) is 19.8 Å². The zero-order valence-electron chi connectivity index (χ0n) is 57.2. The van der Waals surface area contributed by atoms with Gasteiger partial charge >= 0.3 is 5.97 Å². The van der Waals surface area contributed by atoms with E-state index in [4.69, 9.17) is 4.74 Å². The number of aliphatic hydroxyl groups excluding tert-OH is 2. The number of rotatable bonds is 73. The van der Waals surface area contributed by atoms with Crippen molar-refractivity contribution < 1.29 is 24.5 Å². The molecule has 0 aliphatic carbocycles. The fourth-order valence-corrected chi connectivity index (χ4v) is 12.3. The maximum absolute atomic E-state index is 12.5. The third-order valence-corrected chi connectivity index (χ3v) is 18.2. The number of carbonyl (C=O) groups is 2. The van der Waals surface area contributed by atoms with Crippen molar-refractivity contribution in [3.05, 3.63) is 24.3 Å². The number of aliphatic hydroxyl groups is 2. The van der Waals surface area contributed by atoms with Gasteiger partial charge in [0.1, 0.15) is 0 Å². The first kappa shape index (κ1) is 82.3. The van der Waals surface area contributed by atoms with Gasteiger partial charge in [0.2, 0.25) is 5.91 Å². The molecule has 0 bridgehead atoms. The molecule has 0 aromatic rings. The topological polar surface area (TPSA) is 95.9 Å². The summed E-state index contributed by atoms with van der Waals surface area (Å²) in [5.41, 5.74) is 0. The van der Waals surface area contributed by atoms with E-state index in [2.05, 4.69) is 43.5 Å². The molecular weight excluding hydrogens is 1030 g/mol. The summed E-state index contributed by atoms with van der Waals surface area (Å²) in [6, 6.07) is -0.538. The number of hydrogen-bond donors (Lipinski definition) is 3. The third-order valence-electron chi connectivity index (χ3n) is 18.2. The largest absolute Gasteiger partial charge is 0.466 e. The summed E-state index contributed by atoms with van der Waals surface area (Å²) in [4.78, 5) is 24.6. The fraction of sp³-hybridized carbons (Fsp3) is 0.923. The molecule has 0 aromatic carbocycles. The summed E-state index contributed by atoms with van der Waals surface area (Å²) in [6.45, 7) is 4.98. The van der Waals surface area contributed by atoms with E-state index in [1.54, 1.807) is 0 Å². The summed E-state index contributed by atoms with van der Waals surface area (Å²) < 4.78 is 5.49. The van der Waals surface area contributed by atoms with Crippen LogP contribution in [0.5, 0.6) is 0 Å². The van der Waals surface area contributed by atoms with E-state index in [-0.39, 0.29) is 18.5 Å². The Bertz CT molecular complexity index is 1320. The Morgan fingerprint density at radius 2 is 0.560 bits per heavy atom. The highest BCUT2D eigenvalue weighted by molar-refractivity contribution is 5.76. The van der Waals surface area contributed by atoms with Crippen LogP contribution in [0.15, 0.2) is 24.3 Å². The first-order chi connectivity index (χ1) is 41.5. The van der Waals surface area contributed by atoms with E-state index in [0.29, 0.717) is 25.9 Å². The van der Waals surface area contributed by atoms with Crippen molar-refractivity contribution in [2.75, 3.05) is 13.2 Å². The van der Waals surface area contributed by atoms with Crippen LogP contribution in [0.1, 0.15) is 438 Å². The summed E-state index contributed by atoms with van der Waals surface area (Å²) in [5, 5.41) is 23.4. The molecule has 84 heavy (non-hydrogen) atoms. The zero-order chi connectivity index (χ0) is 60.6. The molecule has 0 spiro atoms. The monoisotopic (exact) mass is 1180 g/mol. The van der Waals surface area contributed by atoms with Crippen molar-refractivity contribution in [1.29, 1.82) is 0 Å². The lowest BCUT2D eigenvalue weighted by Crippen LogP contribution is -2.45. The lowest BCUT2D eigenvalue weighted by atomic mass is 10.0. The number of ether oxygens (including phenoxy) is 1. The van der Waals surface area contributed by atoms with E-state index in [1.165, 1.54) is 360 Å². The number of hydrogen-bond acceptors (Lipinski definition) is 5. The molecule has 3 N–H and O–H groups in total. The standard InChI is InChI=1S/C78H151NO5/c1-3-5-7-9-11-13-15-17-19-43-46-50-54-58-62-66-70-76(81)75(74-80)79-77(82)71-67-63-59-55-51-47-44-41-39-37-35-33-31-29-27-25-23-21-20-22-24-26-28-30-32-34-36-38-40-42-45-49-53-57-61-65-69-73-84-78(83)72-68-64-60-56-52-48-18-16-14-12-10-8-6-4-2/h16,18,20,22,75-76,80-81H,3-15,17,19,21,23-74H2,1-2H3,(H,79,82)/b18-16-,22-20-. The van der Waals surface area contributed by atoms with E-state index in [1.807, 2.05) is 0 Å². The quantitative estimate of drug-likeness (QED) is 0.0320. The van der Waals surface area contributed by atoms with Gasteiger partial charge in [-0.15, -0.1) is 0 Å². The van der Waals surface area contributed by atoms with Gasteiger partial charge in [-0.05, 0) is 77.0 Å². The van der Waals surface area contributed by atoms with Crippen molar-refractivity contribution in [3.8, 4) is 0 Å². The SMILES string of the molecule is CCCCCCC/C=C\CCCCCCCC(=O)OCCCCCCCCCCCCCCCCCC/C=C\CCCCCCCCCCCCCCCCCCCC(=O)NC(CO)C(O)CCCCCCCCCCCCCCCCCC. The number of amides is 1. The van der Waals surface area contributed by atoms with Crippen LogP contribution in [0.4, 0.5) is 0 Å². The van der Waals surface area contributed by atoms with Gasteiger partial charge in [0, 0.05) is 12.8 Å². The smallest absolute Gasteiger partial charge is 0.305 e. The molecule has 0 saturated carbocycles. The zero-order valence-corrected chi connectivity index (χ0v) is 57.2. The summed E-state index contributed by atoms with van der Waals surface area (Å²) in [7, 11) is 0. The Kier molecular flexibility index (Phi) is 72.3. The Labute approximate surface area is 526 Å². The lowest BCUT2D eigenvalue weighted by molar-refractivity contribution is -0.143. The molecule has 1 amide bonds. The minimum Gasteiger partial charge on any atom is -0.466 e. The molecule has 0 radical (unpaired) electrons. The van der Waals surface area contributed by atoms with Crippen molar-refractivity contribution in [1.82, 2.24) is 5.32 Å². The summed E-state index contributed by atoms with van der Waals surface area (Å²) >= 11 is 0. The van der Waals surface area contributed by atoms with Crippen molar-refractivity contribution in [2.45, 2.75) is 450 Å². The predicted octanol–water partition coefficient (Wildman–Crippen LogP) is 25.3. The van der Waals surface area contributed by atoms with Gasteiger partial charge in [-0.2, -0.15) is 0 Å². The van der Waals surface area contributed by atoms with Gasteiger partial charge in [0.05, 0.1) is 25.4 Å². The molecule has 0 aliphatic heterocycles. The summed E-state index contributed by atoms with van der Waals surface area (Å²) in [5.74, 6) is -0.0136. The second-order valence-electron chi connectivity index (χ2n) is 26.7. The maximum atomic E-state index is 12.5. The Morgan fingerprint density at radius 1 is 0.321 bits per heavy atom. The van der Waals surface area contributed by atoms with Gasteiger partial charge in [-0.3, -0.25) is 9.59 Å². The summed E-state index contributed by atoms with van der Waals surface area (Å²) in [6.07, 6.45) is 94.1. The number of nitrogens with one attached hydrogen (secondary N) is 1. The molecule has 0 fully saturated rings. The molecule has 2 unspecified atom stereocenters. The minimum absolute atomic E-state index is 0.0136. The van der Waals surface area contributed by atoms with Crippen LogP contribution in [-0.4, -0.2) is 47.4 Å². The molecule has 0 rings (SSSR count). The van der Waals surface area contributed by atoms with Crippen LogP contribution < -0.4 is 5.32 Å². The first-order valence-electron chi connectivity index (χ1n) is 38.6. The molecule has 0 aliphatic rings. The maximum Gasteiger partial charge on any atom is 0.305 e. The fourth-order valence-electron chi connectivity index (χ4n) is 12.3. The van der Waals surface area contributed by atoms with E-state index >= 15 is 0 Å². The van der Waals surface area contributed by atoms with Gasteiger partial charge in [-0.1, -0.05) is 372 Å². The lowest BCUT2D eigenvalue weighted by Gasteiger charge is -2.22. The Morgan fingerprint density at radius 3 is 0.845 bits per heavy atom. The highest BCUT2D eigenvalue weighted by Gasteiger charge is 2.20. The molecule has 2 atom stereocenters. The van der Waals surface area contributed by atoms with E-state index in [0.717, 1.165) is 44.9 Å². The second kappa shape index (κ2) is 73.8. The van der Waals surface area contributed by atoms with Crippen LogP contribution in [-0.2, 0) is 14.3 Å². The number of carbonyl (C=O) groups excluding carboxylic acids is 2. The Hall–Kier alpha value is -1.66. The number of unbranched alkanes of at least 4 members (excludes halogenated alkanes) is 58. The predicted molar refractivity (Wildman–Crippen MR) is 370 cm³/mol. The molecule has 0 aromatic heterocycles. The number of esters is 1. The molecule has 6 nitrogen and oxygen atoms in total. The normalized spacial score (nSPS) is 12.6. The van der Waals surface area contributed by atoms with Gasteiger partial charge in [-0.25, -0.2) is 0 Å². The van der Waals surface area contributed by atoms with Crippen molar-refractivity contribution >= 4 is 11.9 Å². The molecule has 0 saturated heterocycles. The van der Waals surface area contributed by atoms with Crippen molar-refractivity contribution in [3.63, 3.8) is 0 Å². The van der Waals surface area contributed by atoms with Crippen LogP contribution >= 0.6 is 0 Å². The average Bonchev–Trinajstić information content (AvgIpc) is 3.51. The third kappa shape index (κ3) is 69.4. The highest BCUT2D eigenvalue weighted by atomic mass is 16.5. The van der Waals surface area contributed by atoms with Gasteiger partial charge in [0.15, 0.2) is 0 Å². The van der Waals surface area contributed by atoms with E-state index < -0.39 is 12.1 Å². The van der Waals surface area contributed by atoms with Gasteiger partial charge < -0.3 is 20.3 Å². The molecule has 498 valence electrons.